The van der Waals surface area contributed by atoms with Gasteiger partial charge in [0.1, 0.15) is 11.2 Å². The van der Waals surface area contributed by atoms with Crippen LogP contribution in [-0.2, 0) is 11.3 Å². The van der Waals surface area contributed by atoms with Gasteiger partial charge in [0, 0.05) is 20.2 Å². The molecule has 25 heavy (non-hydrogen) atoms. The van der Waals surface area contributed by atoms with Gasteiger partial charge in [-0.1, -0.05) is 18.2 Å². The molecule has 4 rings (SSSR count). The first-order chi connectivity index (χ1) is 12.2. The number of likely N-dealkylation sites (tertiary alicyclic amines) is 1. The van der Waals surface area contributed by atoms with E-state index in [9.17, 15) is 4.79 Å². The molecule has 1 aliphatic rings. The summed E-state index contributed by atoms with van der Waals surface area (Å²) >= 11 is 0. The average molecular weight is 339 g/mol. The van der Waals surface area contributed by atoms with Crippen LogP contribution in [0.3, 0.4) is 0 Å². The predicted molar refractivity (Wildman–Crippen MR) is 94.8 cm³/mol. The van der Waals surface area contributed by atoms with Crippen molar-refractivity contribution >= 4 is 11.0 Å². The molecule has 0 spiro atoms. The Hall–Kier alpha value is -2.51. The van der Waals surface area contributed by atoms with Crippen LogP contribution in [0.1, 0.15) is 18.7 Å². The highest BCUT2D eigenvalue weighted by molar-refractivity contribution is 5.75. The van der Waals surface area contributed by atoms with Gasteiger partial charge in [-0.3, -0.25) is 9.69 Å². The zero-order valence-corrected chi connectivity index (χ0v) is 14.2. The van der Waals surface area contributed by atoms with Crippen LogP contribution in [0, 0.1) is 0 Å². The Morgan fingerprint density at radius 2 is 2.00 bits per heavy atom. The molecular formula is C18H21N5O2. The highest BCUT2D eigenvalue weighted by atomic mass is 16.5. The standard InChI is InChI=1S/C18H21N5O2/c1-25-14-7-9-22(10-8-14)12-16-20-17-15(18(24)21-16)11-19-23(17)13-5-3-2-4-6-13/h2-6,11,14H,7-10,12H2,1H3,(H,20,21,24). The maximum Gasteiger partial charge on any atom is 0.262 e. The molecule has 3 heterocycles. The molecule has 1 fully saturated rings. The average Bonchev–Trinajstić information content (AvgIpc) is 3.07. The molecule has 0 unspecified atom stereocenters. The molecule has 1 N–H and O–H groups in total. The minimum atomic E-state index is -0.144. The second-order valence-electron chi connectivity index (χ2n) is 6.35. The summed E-state index contributed by atoms with van der Waals surface area (Å²) in [7, 11) is 1.76. The normalized spacial score (nSPS) is 16.5. The number of benzene rings is 1. The number of fused-ring (bicyclic) bond motifs is 1. The Labute approximate surface area is 145 Å². The lowest BCUT2D eigenvalue weighted by Gasteiger charge is -2.30. The van der Waals surface area contributed by atoms with Crippen molar-refractivity contribution in [3.05, 3.63) is 52.7 Å². The maximum absolute atomic E-state index is 12.4. The Morgan fingerprint density at radius 1 is 1.24 bits per heavy atom. The highest BCUT2D eigenvalue weighted by Crippen LogP contribution is 2.16. The first-order valence-electron chi connectivity index (χ1n) is 8.52. The van der Waals surface area contributed by atoms with Gasteiger partial charge in [-0.05, 0) is 25.0 Å². The Kier molecular flexibility index (Phi) is 4.33. The van der Waals surface area contributed by atoms with E-state index in [1.54, 1.807) is 18.0 Å². The van der Waals surface area contributed by atoms with E-state index in [1.807, 2.05) is 30.3 Å². The van der Waals surface area contributed by atoms with Gasteiger partial charge in [0.15, 0.2) is 5.65 Å². The summed E-state index contributed by atoms with van der Waals surface area (Å²) in [6.07, 6.45) is 3.92. The van der Waals surface area contributed by atoms with Gasteiger partial charge in [-0.2, -0.15) is 5.10 Å². The smallest absolute Gasteiger partial charge is 0.262 e. The molecular weight excluding hydrogens is 318 g/mol. The molecule has 7 nitrogen and oxygen atoms in total. The van der Waals surface area contributed by atoms with E-state index in [0.29, 0.717) is 29.5 Å². The SMILES string of the molecule is COC1CCN(Cc2nc3c(cnn3-c3ccccc3)c(=O)[nH]2)CC1. The number of aromatic amines is 1. The van der Waals surface area contributed by atoms with Crippen LogP contribution in [0.5, 0.6) is 0 Å². The molecule has 1 aromatic carbocycles. The lowest BCUT2D eigenvalue weighted by molar-refractivity contribution is 0.0381. The second-order valence-corrected chi connectivity index (χ2v) is 6.35. The number of piperidine rings is 1. The van der Waals surface area contributed by atoms with Gasteiger partial charge >= 0.3 is 0 Å². The number of para-hydroxylation sites is 1. The highest BCUT2D eigenvalue weighted by Gasteiger charge is 2.20. The van der Waals surface area contributed by atoms with Crippen molar-refractivity contribution < 1.29 is 4.74 Å². The van der Waals surface area contributed by atoms with E-state index in [1.165, 1.54) is 0 Å². The lowest BCUT2D eigenvalue weighted by Crippen LogP contribution is -2.37. The van der Waals surface area contributed by atoms with Crippen molar-refractivity contribution in [3.8, 4) is 5.69 Å². The van der Waals surface area contributed by atoms with Crippen molar-refractivity contribution in [2.24, 2.45) is 0 Å². The van der Waals surface area contributed by atoms with Gasteiger partial charge < -0.3 is 9.72 Å². The Bertz CT molecular complexity index is 910. The lowest BCUT2D eigenvalue weighted by atomic mass is 10.1. The minimum Gasteiger partial charge on any atom is -0.381 e. The first-order valence-corrected chi connectivity index (χ1v) is 8.52. The molecule has 0 radical (unpaired) electrons. The fourth-order valence-electron chi connectivity index (χ4n) is 3.31. The zero-order valence-electron chi connectivity index (χ0n) is 14.2. The first kappa shape index (κ1) is 16.0. The summed E-state index contributed by atoms with van der Waals surface area (Å²) < 4.78 is 7.12. The molecule has 3 aromatic rings. The number of ether oxygens (including phenoxy) is 1. The molecule has 130 valence electrons. The molecule has 0 saturated carbocycles. The van der Waals surface area contributed by atoms with Crippen LogP contribution in [0.15, 0.2) is 41.3 Å². The third-order valence-electron chi connectivity index (χ3n) is 4.73. The fraction of sp³-hybridized carbons (Fsp3) is 0.389. The summed E-state index contributed by atoms with van der Waals surface area (Å²) in [6.45, 7) is 2.51. The summed E-state index contributed by atoms with van der Waals surface area (Å²) in [5, 5.41) is 4.84. The van der Waals surface area contributed by atoms with Crippen LogP contribution >= 0.6 is 0 Å². The zero-order chi connectivity index (χ0) is 17.2. The predicted octanol–water partition coefficient (Wildman–Crippen LogP) is 1.72. The van der Waals surface area contributed by atoms with E-state index >= 15 is 0 Å². The number of hydrogen-bond acceptors (Lipinski definition) is 5. The van der Waals surface area contributed by atoms with Crippen LogP contribution in [0.4, 0.5) is 0 Å². The molecule has 0 aliphatic carbocycles. The summed E-state index contributed by atoms with van der Waals surface area (Å²) in [5.41, 5.74) is 1.34. The monoisotopic (exact) mass is 339 g/mol. The molecule has 7 heteroatoms. The third-order valence-corrected chi connectivity index (χ3v) is 4.73. The fourth-order valence-corrected chi connectivity index (χ4v) is 3.31. The van der Waals surface area contributed by atoms with Gasteiger partial charge in [0.2, 0.25) is 0 Å². The Morgan fingerprint density at radius 3 is 2.72 bits per heavy atom. The largest absolute Gasteiger partial charge is 0.381 e. The number of methoxy groups -OCH3 is 1. The van der Waals surface area contributed by atoms with Crippen LogP contribution in [0.25, 0.3) is 16.7 Å². The van der Waals surface area contributed by atoms with E-state index < -0.39 is 0 Å². The third kappa shape index (κ3) is 3.20. The number of aromatic nitrogens is 4. The van der Waals surface area contributed by atoms with Crippen molar-refractivity contribution in [1.29, 1.82) is 0 Å². The topological polar surface area (TPSA) is 76.0 Å². The van der Waals surface area contributed by atoms with Crippen molar-refractivity contribution in [3.63, 3.8) is 0 Å². The van der Waals surface area contributed by atoms with Gasteiger partial charge in [-0.15, -0.1) is 0 Å². The molecule has 1 aliphatic heterocycles. The molecule has 2 aromatic heterocycles. The number of hydrogen-bond donors (Lipinski definition) is 1. The van der Waals surface area contributed by atoms with E-state index in [2.05, 4.69) is 20.0 Å². The van der Waals surface area contributed by atoms with E-state index in [-0.39, 0.29) is 5.56 Å². The number of nitrogens with zero attached hydrogens (tertiary/aromatic N) is 4. The Balaban J connectivity index is 1.64. The van der Waals surface area contributed by atoms with E-state index in [0.717, 1.165) is 31.6 Å². The number of nitrogens with one attached hydrogen (secondary N) is 1. The summed E-state index contributed by atoms with van der Waals surface area (Å²) in [5.74, 6) is 0.672. The minimum absolute atomic E-state index is 0.144. The molecule has 1 saturated heterocycles. The van der Waals surface area contributed by atoms with Crippen LogP contribution in [0.2, 0.25) is 0 Å². The molecule has 0 atom stereocenters. The van der Waals surface area contributed by atoms with Crippen molar-refractivity contribution in [1.82, 2.24) is 24.6 Å². The van der Waals surface area contributed by atoms with Crippen LogP contribution < -0.4 is 5.56 Å². The van der Waals surface area contributed by atoms with Crippen molar-refractivity contribution in [2.75, 3.05) is 20.2 Å². The summed E-state index contributed by atoms with van der Waals surface area (Å²) in [6, 6.07) is 9.73. The van der Waals surface area contributed by atoms with Crippen LogP contribution in [-0.4, -0.2) is 51.0 Å². The molecule has 0 amide bonds. The molecule has 0 bridgehead atoms. The maximum atomic E-state index is 12.4. The van der Waals surface area contributed by atoms with E-state index in [4.69, 9.17) is 4.74 Å². The van der Waals surface area contributed by atoms with Gasteiger partial charge in [0.25, 0.3) is 5.56 Å². The quantitative estimate of drug-likeness (QED) is 0.783. The van der Waals surface area contributed by atoms with Crippen molar-refractivity contribution in [2.45, 2.75) is 25.5 Å². The summed E-state index contributed by atoms with van der Waals surface area (Å²) in [4.78, 5) is 22.3. The number of H-pyrrole nitrogens is 1. The van der Waals surface area contributed by atoms with Gasteiger partial charge in [-0.25, -0.2) is 9.67 Å². The second kappa shape index (κ2) is 6.78. The number of rotatable bonds is 4. The van der Waals surface area contributed by atoms with Gasteiger partial charge in [0.05, 0.1) is 24.5 Å².